The van der Waals surface area contributed by atoms with Crippen molar-refractivity contribution in [2.75, 3.05) is 10.1 Å². The van der Waals surface area contributed by atoms with Gasteiger partial charge in [-0.1, -0.05) is 104 Å². The van der Waals surface area contributed by atoms with Crippen molar-refractivity contribution in [3.05, 3.63) is 119 Å². The minimum atomic E-state index is -0.106. The lowest BCUT2D eigenvalue weighted by molar-refractivity contribution is 0.332. The van der Waals surface area contributed by atoms with E-state index in [1.165, 1.54) is 79.3 Å². The summed E-state index contributed by atoms with van der Waals surface area (Å²) in [4.78, 5) is 2.72. The van der Waals surface area contributed by atoms with Crippen LogP contribution in [0.15, 0.2) is 106 Å². The Labute approximate surface area is 335 Å². The second-order valence-electron chi connectivity index (χ2n) is 20.3. The fourth-order valence-corrected chi connectivity index (χ4v) is 11.4. The minimum absolute atomic E-state index is 0.0428. The maximum absolute atomic E-state index is 6.76. The summed E-state index contributed by atoms with van der Waals surface area (Å²) in [6.07, 6.45) is 4.68. The van der Waals surface area contributed by atoms with Gasteiger partial charge in [0.05, 0.1) is 0 Å². The molecule has 2 aromatic heterocycles. The van der Waals surface area contributed by atoms with E-state index in [2.05, 4.69) is 163 Å². The zero-order valence-corrected chi connectivity index (χ0v) is 34.4. The predicted octanol–water partition coefficient (Wildman–Crippen LogP) is 13.2. The molecular weight excluding hydrogens is 695 g/mol. The topological polar surface area (TPSA) is 41.5 Å². The molecule has 57 heavy (non-hydrogen) atoms. The molecule has 2 aliphatic carbocycles. The summed E-state index contributed by atoms with van der Waals surface area (Å²) >= 11 is 0. The molecule has 6 aromatic carbocycles. The Bertz CT molecular complexity index is 3080. The molecule has 2 aliphatic heterocycles. The van der Waals surface area contributed by atoms with E-state index in [1.54, 1.807) is 0 Å². The Hall–Kier alpha value is -5.42. The van der Waals surface area contributed by atoms with Crippen LogP contribution in [0.5, 0.6) is 0 Å². The first-order chi connectivity index (χ1) is 27.2. The van der Waals surface area contributed by atoms with Gasteiger partial charge in [0.2, 0.25) is 0 Å². The smallest absolute Gasteiger partial charge is 0.333 e. The predicted molar refractivity (Wildman–Crippen MR) is 240 cm³/mol. The van der Waals surface area contributed by atoms with Gasteiger partial charge in [-0.25, -0.2) is 0 Å². The van der Waals surface area contributed by atoms with Crippen LogP contribution in [-0.4, -0.2) is 6.85 Å². The number of furan rings is 2. The maximum atomic E-state index is 6.76. The maximum Gasteiger partial charge on any atom is 0.333 e. The summed E-state index contributed by atoms with van der Waals surface area (Å²) in [7, 11) is 0. The number of hydrogen-bond donors (Lipinski definition) is 1. The number of para-hydroxylation sites is 2. The Balaban J connectivity index is 1.25. The molecule has 0 atom stereocenters. The van der Waals surface area contributed by atoms with Crippen molar-refractivity contribution in [1.82, 2.24) is 0 Å². The summed E-state index contributed by atoms with van der Waals surface area (Å²) in [5.41, 5.74) is 19.7. The SMILES string of the molecule is CC1(C)CCC(C)(C)c2cc(N3B4c5cc6c(cc5Nc5cc7oc8ccccc8c7c(c54)-c4cc5c(cc43)C(C)(C)CCC5(C)C)oc3ccccc36)ccc21. The van der Waals surface area contributed by atoms with Gasteiger partial charge < -0.3 is 19.0 Å². The van der Waals surface area contributed by atoms with Crippen molar-refractivity contribution >= 4 is 84.4 Å². The van der Waals surface area contributed by atoms with E-state index in [9.17, 15) is 0 Å². The van der Waals surface area contributed by atoms with Crippen LogP contribution in [0, 0.1) is 0 Å². The number of fused-ring (bicyclic) bond motifs is 13. The van der Waals surface area contributed by atoms with Crippen LogP contribution in [0.4, 0.5) is 22.7 Å². The molecule has 0 spiro atoms. The average Bonchev–Trinajstić information content (AvgIpc) is 3.74. The van der Waals surface area contributed by atoms with Gasteiger partial charge in [0.1, 0.15) is 22.3 Å². The van der Waals surface area contributed by atoms with Gasteiger partial charge in [-0.2, -0.15) is 0 Å². The van der Waals surface area contributed by atoms with Crippen LogP contribution >= 0.6 is 0 Å². The average molecular weight is 745 g/mol. The van der Waals surface area contributed by atoms with Crippen molar-refractivity contribution in [3.63, 3.8) is 0 Å². The van der Waals surface area contributed by atoms with Crippen LogP contribution in [0.3, 0.4) is 0 Å². The van der Waals surface area contributed by atoms with Gasteiger partial charge in [-0.05, 0) is 122 Å². The first kappa shape index (κ1) is 33.7. The Morgan fingerprint density at radius 3 is 1.82 bits per heavy atom. The fourth-order valence-electron chi connectivity index (χ4n) is 11.4. The molecule has 5 heteroatoms. The lowest BCUT2D eigenvalue weighted by atomic mass is 9.43. The zero-order chi connectivity index (χ0) is 39.0. The normalized spacial score (nSPS) is 19.2. The van der Waals surface area contributed by atoms with Gasteiger partial charge in [-0.3, -0.25) is 0 Å². The molecule has 8 aromatic rings. The van der Waals surface area contributed by atoms with Crippen molar-refractivity contribution in [1.29, 1.82) is 0 Å². The van der Waals surface area contributed by atoms with Crippen molar-refractivity contribution in [3.8, 4) is 11.1 Å². The molecule has 0 saturated carbocycles. The number of hydrogen-bond acceptors (Lipinski definition) is 4. The number of nitrogens with zero attached hydrogens (tertiary/aromatic N) is 1. The fraction of sp³-hybridized carbons (Fsp3) is 0.308. The third-order valence-electron chi connectivity index (χ3n) is 15.0. The van der Waals surface area contributed by atoms with E-state index >= 15 is 0 Å². The summed E-state index contributed by atoms with van der Waals surface area (Å²) in [6, 6.07) is 36.7. The molecule has 12 rings (SSSR count). The van der Waals surface area contributed by atoms with Gasteiger partial charge in [-0.15, -0.1) is 0 Å². The molecule has 0 amide bonds. The Morgan fingerprint density at radius 2 is 1.11 bits per heavy atom. The highest BCUT2D eigenvalue weighted by Crippen LogP contribution is 2.55. The first-order valence-corrected chi connectivity index (χ1v) is 21.0. The standard InChI is InChI=1S/C52H49BN2O2/c1-49(2)19-20-50(3,4)35-23-29(17-18-34(35)49)55-41-26-37-36(51(5,6)21-22-52(37,7)8)24-33(41)47-46-31-14-10-12-16-43(31)57-45(46)28-40-48(47)53(55)38-25-32-30-13-9-11-15-42(30)56-44(32)27-39(38)54-40/h9-18,23-28,54H,19-22H2,1-8H3. The van der Waals surface area contributed by atoms with E-state index < -0.39 is 0 Å². The van der Waals surface area contributed by atoms with Gasteiger partial charge in [0, 0.05) is 62.0 Å². The van der Waals surface area contributed by atoms with E-state index in [1.807, 2.05) is 0 Å². The van der Waals surface area contributed by atoms with E-state index in [0.717, 1.165) is 57.3 Å². The highest BCUT2D eigenvalue weighted by molar-refractivity contribution is 6.94. The molecule has 282 valence electrons. The minimum Gasteiger partial charge on any atom is -0.456 e. The number of rotatable bonds is 1. The molecule has 4 nitrogen and oxygen atoms in total. The van der Waals surface area contributed by atoms with Gasteiger partial charge >= 0.3 is 6.85 Å². The highest BCUT2D eigenvalue weighted by Gasteiger charge is 2.47. The van der Waals surface area contributed by atoms with Crippen LogP contribution < -0.4 is 21.1 Å². The Kier molecular flexibility index (Phi) is 6.35. The van der Waals surface area contributed by atoms with Gasteiger partial charge in [0.25, 0.3) is 0 Å². The molecule has 0 radical (unpaired) electrons. The van der Waals surface area contributed by atoms with E-state index in [0.29, 0.717) is 0 Å². The van der Waals surface area contributed by atoms with Crippen molar-refractivity contribution in [2.24, 2.45) is 0 Å². The largest absolute Gasteiger partial charge is 0.456 e. The highest BCUT2D eigenvalue weighted by atomic mass is 16.3. The summed E-state index contributed by atoms with van der Waals surface area (Å²) in [6.45, 7) is 19.5. The van der Waals surface area contributed by atoms with Crippen molar-refractivity contribution < 1.29 is 8.83 Å². The van der Waals surface area contributed by atoms with Gasteiger partial charge in [0.15, 0.2) is 0 Å². The van der Waals surface area contributed by atoms with Crippen molar-refractivity contribution in [2.45, 2.75) is 103 Å². The third-order valence-corrected chi connectivity index (χ3v) is 15.0. The molecule has 4 aliphatic rings. The molecule has 0 bridgehead atoms. The molecular formula is C52H49BN2O2. The lowest BCUT2D eigenvalue weighted by Crippen LogP contribution is -2.60. The zero-order valence-electron chi connectivity index (χ0n) is 34.4. The first-order valence-electron chi connectivity index (χ1n) is 21.0. The second-order valence-corrected chi connectivity index (χ2v) is 20.3. The number of nitrogens with one attached hydrogen (secondary N) is 1. The second kappa shape index (κ2) is 10.7. The summed E-state index contributed by atoms with van der Waals surface area (Å²) in [5.74, 6) is 0. The molecule has 1 N–H and O–H groups in total. The van der Waals surface area contributed by atoms with E-state index in [-0.39, 0.29) is 28.5 Å². The van der Waals surface area contributed by atoms with E-state index in [4.69, 9.17) is 8.83 Å². The summed E-state index contributed by atoms with van der Waals surface area (Å²) < 4.78 is 13.3. The number of benzene rings is 6. The monoisotopic (exact) mass is 744 g/mol. The van der Waals surface area contributed by atoms with Crippen LogP contribution in [0.25, 0.3) is 55.0 Å². The van der Waals surface area contributed by atoms with Crippen LogP contribution in [-0.2, 0) is 21.7 Å². The number of anilines is 4. The van der Waals surface area contributed by atoms with Crippen LogP contribution in [0.2, 0.25) is 0 Å². The third kappa shape index (κ3) is 4.46. The quantitative estimate of drug-likeness (QED) is 0.170. The molecule has 0 fully saturated rings. The lowest BCUT2D eigenvalue weighted by Gasteiger charge is -2.47. The molecule has 0 saturated heterocycles. The Morgan fingerprint density at radius 1 is 0.526 bits per heavy atom. The molecule has 0 unspecified atom stereocenters. The van der Waals surface area contributed by atoms with Crippen LogP contribution in [0.1, 0.15) is 103 Å². The summed E-state index contributed by atoms with van der Waals surface area (Å²) in [5, 5.41) is 8.65. The molecule has 4 heterocycles.